The molecule has 1 aromatic rings. The van der Waals surface area contributed by atoms with Crippen LogP contribution in [0.15, 0.2) is 18.2 Å². The number of rotatable bonds is 2. The van der Waals surface area contributed by atoms with Crippen LogP contribution in [0.5, 0.6) is 0 Å². The van der Waals surface area contributed by atoms with E-state index in [4.69, 9.17) is 16.3 Å². The maximum atomic E-state index is 6.30. The van der Waals surface area contributed by atoms with Crippen LogP contribution < -0.4 is 0 Å². The molecule has 0 saturated carbocycles. The van der Waals surface area contributed by atoms with Crippen LogP contribution in [0.2, 0.25) is 0 Å². The molecule has 82 valence electrons. The van der Waals surface area contributed by atoms with Gasteiger partial charge in [-0.25, -0.2) is 0 Å². The summed E-state index contributed by atoms with van der Waals surface area (Å²) in [6, 6.07) is 6.69. The van der Waals surface area contributed by atoms with Gasteiger partial charge in [-0.05, 0) is 29.5 Å². The molecule has 0 saturated heterocycles. The van der Waals surface area contributed by atoms with Crippen LogP contribution in [-0.4, -0.2) is 13.2 Å². The van der Waals surface area contributed by atoms with E-state index in [-0.39, 0.29) is 5.38 Å². The topological polar surface area (TPSA) is 9.23 Å². The van der Waals surface area contributed by atoms with Crippen molar-refractivity contribution in [1.29, 1.82) is 0 Å². The summed E-state index contributed by atoms with van der Waals surface area (Å²) in [5, 5.41) is 0.0271. The number of fused-ring (bicyclic) bond motifs is 1. The lowest BCUT2D eigenvalue weighted by atomic mass is 9.98. The lowest BCUT2D eigenvalue weighted by Gasteiger charge is -2.11. The highest BCUT2D eigenvalue weighted by molar-refractivity contribution is 6.21. The molecule has 2 heteroatoms. The summed E-state index contributed by atoms with van der Waals surface area (Å²) in [5.41, 5.74) is 4.02. The van der Waals surface area contributed by atoms with Crippen molar-refractivity contribution in [3.63, 3.8) is 0 Å². The number of benzene rings is 1. The van der Waals surface area contributed by atoms with Crippen molar-refractivity contribution in [2.24, 2.45) is 0 Å². The molecule has 0 amide bonds. The minimum absolute atomic E-state index is 0.0271. The maximum absolute atomic E-state index is 6.30. The van der Waals surface area contributed by atoms with E-state index in [1.807, 2.05) is 0 Å². The maximum Gasteiger partial charge on any atom is 0.0821 e. The first-order valence-electron chi connectivity index (χ1n) is 5.64. The third-order valence-electron chi connectivity index (χ3n) is 2.87. The zero-order chi connectivity index (χ0) is 10.7. The fourth-order valence-electron chi connectivity index (χ4n) is 2.07. The van der Waals surface area contributed by atoms with E-state index in [0.717, 1.165) is 19.4 Å². The summed E-state index contributed by atoms with van der Waals surface area (Å²) >= 11 is 6.30. The predicted octanol–water partition coefficient (Wildman–Crippen LogP) is 3.49. The van der Waals surface area contributed by atoms with E-state index < -0.39 is 0 Å². The van der Waals surface area contributed by atoms with Crippen LogP contribution in [0.25, 0.3) is 0 Å². The van der Waals surface area contributed by atoms with Crippen molar-refractivity contribution >= 4 is 11.6 Å². The van der Waals surface area contributed by atoms with E-state index in [9.17, 15) is 0 Å². The van der Waals surface area contributed by atoms with Gasteiger partial charge in [0.2, 0.25) is 0 Å². The number of aryl methyl sites for hydroxylation is 1. The van der Waals surface area contributed by atoms with Gasteiger partial charge in [0.15, 0.2) is 0 Å². The van der Waals surface area contributed by atoms with Gasteiger partial charge in [-0.2, -0.15) is 0 Å². The van der Waals surface area contributed by atoms with Gasteiger partial charge in [0, 0.05) is 0 Å². The Balaban J connectivity index is 2.31. The summed E-state index contributed by atoms with van der Waals surface area (Å²) in [5.74, 6) is 0. The van der Waals surface area contributed by atoms with Crippen LogP contribution in [0.4, 0.5) is 0 Å². The molecule has 0 aliphatic carbocycles. The molecule has 1 heterocycles. The summed E-state index contributed by atoms with van der Waals surface area (Å²) in [6.07, 6.45) is 3.31. The van der Waals surface area contributed by atoms with Crippen molar-refractivity contribution in [3.05, 3.63) is 34.9 Å². The third-order valence-corrected chi connectivity index (χ3v) is 3.23. The van der Waals surface area contributed by atoms with Crippen molar-refractivity contribution in [3.8, 4) is 0 Å². The number of alkyl halides is 1. The van der Waals surface area contributed by atoms with Gasteiger partial charge in [-0.15, -0.1) is 11.6 Å². The van der Waals surface area contributed by atoms with Gasteiger partial charge < -0.3 is 4.74 Å². The standard InChI is InChI=1S/C13H17ClO/c1-2-3-10-4-5-11-6-7-15-9-13(14)12(11)8-10/h4-5,8,13H,2-3,6-7,9H2,1H3. The lowest BCUT2D eigenvalue weighted by molar-refractivity contribution is 0.143. The third kappa shape index (κ3) is 2.53. The Morgan fingerprint density at radius 2 is 2.33 bits per heavy atom. The Morgan fingerprint density at radius 1 is 1.47 bits per heavy atom. The molecule has 0 bridgehead atoms. The van der Waals surface area contributed by atoms with Crippen molar-refractivity contribution < 1.29 is 4.74 Å². The van der Waals surface area contributed by atoms with Crippen molar-refractivity contribution in [2.45, 2.75) is 31.6 Å². The molecule has 0 radical (unpaired) electrons. The van der Waals surface area contributed by atoms with Crippen LogP contribution in [0.1, 0.15) is 35.4 Å². The minimum atomic E-state index is 0.0271. The first-order valence-corrected chi connectivity index (χ1v) is 6.08. The van der Waals surface area contributed by atoms with Crippen LogP contribution in [-0.2, 0) is 17.6 Å². The molecule has 1 unspecified atom stereocenters. The Kier molecular flexibility index (Phi) is 3.66. The summed E-state index contributed by atoms with van der Waals surface area (Å²) in [4.78, 5) is 0. The van der Waals surface area contributed by atoms with Crippen LogP contribution >= 0.6 is 11.6 Å². The Labute approximate surface area is 96.4 Å². The Hall–Kier alpha value is -0.530. The molecule has 1 aromatic carbocycles. The van der Waals surface area contributed by atoms with E-state index in [2.05, 4.69) is 25.1 Å². The highest BCUT2D eigenvalue weighted by atomic mass is 35.5. The minimum Gasteiger partial charge on any atom is -0.379 e. The average Bonchev–Trinajstić information content (AvgIpc) is 2.42. The highest BCUT2D eigenvalue weighted by Gasteiger charge is 2.16. The number of ether oxygens (including phenoxy) is 1. The monoisotopic (exact) mass is 224 g/mol. The van der Waals surface area contributed by atoms with Gasteiger partial charge in [0.25, 0.3) is 0 Å². The fourth-order valence-corrected chi connectivity index (χ4v) is 2.36. The molecule has 0 fully saturated rings. The first kappa shape index (κ1) is 11.0. The predicted molar refractivity (Wildman–Crippen MR) is 63.6 cm³/mol. The van der Waals surface area contributed by atoms with E-state index in [1.165, 1.54) is 23.1 Å². The van der Waals surface area contributed by atoms with E-state index in [1.54, 1.807) is 0 Å². The molecule has 0 N–H and O–H groups in total. The largest absolute Gasteiger partial charge is 0.379 e. The normalized spacial score (nSPS) is 20.8. The number of halogens is 1. The smallest absolute Gasteiger partial charge is 0.0821 e. The number of hydrogen-bond donors (Lipinski definition) is 0. The molecule has 1 atom stereocenters. The molecule has 1 aliphatic heterocycles. The second kappa shape index (κ2) is 5.00. The second-order valence-corrected chi connectivity index (χ2v) is 4.60. The Bertz CT molecular complexity index is 335. The second-order valence-electron chi connectivity index (χ2n) is 4.08. The summed E-state index contributed by atoms with van der Waals surface area (Å²) in [7, 11) is 0. The van der Waals surface area contributed by atoms with E-state index in [0.29, 0.717) is 6.61 Å². The highest BCUT2D eigenvalue weighted by Crippen LogP contribution is 2.28. The van der Waals surface area contributed by atoms with Crippen molar-refractivity contribution in [1.82, 2.24) is 0 Å². The van der Waals surface area contributed by atoms with Crippen LogP contribution in [0.3, 0.4) is 0 Å². The van der Waals surface area contributed by atoms with Crippen LogP contribution in [0, 0.1) is 0 Å². The molecular formula is C13H17ClO. The van der Waals surface area contributed by atoms with Crippen molar-refractivity contribution in [2.75, 3.05) is 13.2 Å². The number of hydrogen-bond acceptors (Lipinski definition) is 1. The molecular weight excluding hydrogens is 208 g/mol. The van der Waals surface area contributed by atoms with Gasteiger partial charge in [0.05, 0.1) is 18.6 Å². The summed E-state index contributed by atoms with van der Waals surface area (Å²) in [6.45, 7) is 3.64. The molecule has 2 rings (SSSR count). The van der Waals surface area contributed by atoms with Gasteiger partial charge >= 0.3 is 0 Å². The molecule has 1 nitrogen and oxygen atoms in total. The fraction of sp³-hybridized carbons (Fsp3) is 0.538. The summed E-state index contributed by atoms with van der Waals surface area (Å²) < 4.78 is 5.46. The average molecular weight is 225 g/mol. The SMILES string of the molecule is CCCc1ccc2c(c1)C(Cl)COCC2. The zero-order valence-electron chi connectivity index (χ0n) is 9.13. The quantitative estimate of drug-likeness (QED) is 0.699. The van der Waals surface area contributed by atoms with Gasteiger partial charge in [-0.3, -0.25) is 0 Å². The lowest BCUT2D eigenvalue weighted by Crippen LogP contribution is -1.99. The molecule has 0 aromatic heterocycles. The van der Waals surface area contributed by atoms with E-state index >= 15 is 0 Å². The molecule has 0 spiro atoms. The molecule has 1 aliphatic rings. The first-order chi connectivity index (χ1) is 7.31. The Morgan fingerprint density at radius 3 is 3.13 bits per heavy atom. The molecule has 15 heavy (non-hydrogen) atoms. The van der Waals surface area contributed by atoms with Gasteiger partial charge in [-0.1, -0.05) is 31.5 Å². The zero-order valence-corrected chi connectivity index (χ0v) is 9.89. The van der Waals surface area contributed by atoms with Gasteiger partial charge in [0.1, 0.15) is 0 Å².